The number of nitrogens with zero attached hydrogens (tertiary/aromatic N) is 3. The van der Waals surface area contributed by atoms with Crippen LogP contribution in [0.15, 0.2) is 52.9 Å². The molecule has 0 aliphatic rings. The van der Waals surface area contributed by atoms with E-state index in [1.54, 1.807) is 23.1 Å². The SMILES string of the molecule is Cc1nn(-c2nc(-c3ccc(Cl)c(Cl)c3)c(SC(C)C)s2)cc1-c1cccc(CN)c1.O=C=O. The topological polar surface area (TPSA) is 90.9 Å². The number of nitrogens with two attached hydrogens (primary N) is 1. The van der Waals surface area contributed by atoms with Crippen LogP contribution in [0.3, 0.4) is 0 Å². The average molecular weight is 534 g/mol. The van der Waals surface area contributed by atoms with Crippen LogP contribution in [0.2, 0.25) is 10.0 Å². The third-order valence-electron chi connectivity index (χ3n) is 4.69. The Kier molecular flexibility index (Phi) is 9.08. The Bertz CT molecular complexity index is 1330. The predicted molar refractivity (Wildman–Crippen MR) is 139 cm³/mol. The third kappa shape index (κ3) is 6.16. The highest BCUT2D eigenvalue weighted by molar-refractivity contribution is 8.01. The fourth-order valence-electron chi connectivity index (χ4n) is 3.22. The van der Waals surface area contributed by atoms with Crippen molar-refractivity contribution in [2.75, 3.05) is 0 Å². The lowest BCUT2D eigenvalue weighted by molar-refractivity contribution is -0.191. The Labute approximate surface area is 216 Å². The Morgan fingerprint density at radius 2 is 1.85 bits per heavy atom. The van der Waals surface area contributed by atoms with Gasteiger partial charge in [0.2, 0.25) is 5.13 Å². The largest absolute Gasteiger partial charge is 0.373 e. The first-order valence-corrected chi connectivity index (χ1v) is 12.7. The Morgan fingerprint density at radius 3 is 2.50 bits per heavy atom. The number of thioether (sulfide) groups is 1. The van der Waals surface area contributed by atoms with Gasteiger partial charge in [0.1, 0.15) is 0 Å². The van der Waals surface area contributed by atoms with Crippen LogP contribution in [0.25, 0.3) is 27.5 Å². The first kappa shape index (κ1) is 26.2. The molecule has 2 N–H and O–H groups in total. The number of hydrogen-bond acceptors (Lipinski definition) is 7. The van der Waals surface area contributed by atoms with Crippen LogP contribution in [0.5, 0.6) is 0 Å². The second-order valence-electron chi connectivity index (χ2n) is 7.49. The summed E-state index contributed by atoms with van der Waals surface area (Å²) in [4.78, 5) is 21.2. The van der Waals surface area contributed by atoms with E-state index in [1.165, 1.54) is 0 Å². The van der Waals surface area contributed by atoms with Gasteiger partial charge in [-0.15, -0.1) is 11.8 Å². The number of hydrogen-bond donors (Lipinski definition) is 1. The molecule has 2 aromatic heterocycles. The van der Waals surface area contributed by atoms with Crippen molar-refractivity contribution >= 4 is 52.5 Å². The van der Waals surface area contributed by atoms with Crippen molar-refractivity contribution in [2.45, 2.75) is 36.8 Å². The van der Waals surface area contributed by atoms with Crippen LogP contribution in [0, 0.1) is 6.92 Å². The average Bonchev–Trinajstić information content (AvgIpc) is 3.39. The van der Waals surface area contributed by atoms with Crippen molar-refractivity contribution in [3.8, 4) is 27.5 Å². The normalized spacial score (nSPS) is 10.7. The number of rotatable bonds is 6. The van der Waals surface area contributed by atoms with E-state index in [-0.39, 0.29) is 6.15 Å². The minimum Gasteiger partial charge on any atom is -0.326 e. The molecule has 0 radical (unpaired) electrons. The van der Waals surface area contributed by atoms with E-state index in [0.29, 0.717) is 21.8 Å². The van der Waals surface area contributed by atoms with Gasteiger partial charge in [0.25, 0.3) is 0 Å². The molecule has 34 heavy (non-hydrogen) atoms. The van der Waals surface area contributed by atoms with Crippen LogP contribution in [-0.4, -0.2) is 26.2 Å². The van der Waals surface area contributed by atoms with Gasteiger partial charge in [0.15, 0.2) is 0 Å². The first-order chi connectivity index (χ1) is 16.3. The van der Waals surface area contributed by atoms with Crippen LogP contribution in [0.1, 0.15) is 25.1 Å². The molecular weight excluding hydrogens is 511 g/mol. The summed E-state index contributed by atoms with van der Waals surface area (Å²) in [6.45, 7) is 6.86. The number of benzene rings is 2. The summed E-state index contributed by atoms with van der Waals surface area (Å²) in [6, 6.07) is 13.9. The smallest absolute Gasteiger partial charge is 0.326 e. The minimum atomic E-state index is 0.250. The van der Waals surface area contributed by atoms with Crippen LogP contribution in [-0.2, 0) is 16.1 Å². The van der Waals surface area contributed by atoms with Gasteiger partial charge < -0.3 is 5.73 Å². The molecule has 4 aromatic rings. The number of aromatic nitrogens is 3. The van der Waals surface area contributed by atoms with E-state index >= 15 is 0 Å². The molecule has 0 atom stereocenters. The number of halogens is 2. The number of thiazole rings is 1. The van der Waals surface area contributed by atoms with Gasteiger partial charge in [0.05, 0.1) is 25.6 Å². The van der Waals surface area contributed by atoms with Gasteiger partial charge in [-0.05, 0) is 36.2 Å². The van der Waals surface area contributed by atoms with Gasteiger partial charge in [-0.25, -0.2) is 9.67 Å². The summed E-state index contributed by atoms with van der Waals surface area (Å²) in [5.74, 6) is 0. The summed E-state index contributed by atoms with van der Waals surface area (Å²) in [7, 11) is 0. The van der Waals surface area contributed by atoms with Gasteiger partial charge in [0, 0.05) is 29.1 Å². The standard InChI is InChI=1S/C23H22Cl2N4S2.CO2/c1-13(2)30-22-21(17-7-8-19(24)20(25)10-17)27-23(31-22)29-12-18(14(3)28-29)16-6-4-5-15(9-16)11-26;2-1-3/h4-10,12-13H,11,26H2,1-3H3;. The van der Waals surface area contributed by atoms with Crippen molar-refractivity contribution < 1.29 is 9.59 Å². The molecule has 0 aliphatic carbocycles. The van der Waals surface area contributed by atoms with Crippen molar-refractivity contribution in [3.63, 3.8) is 0 Å². The molecule has 6 nitrogen and oxygen atoms in total. The molecule has 0 aliphatic heterocycles. The summed E-state index contributed by atoms with van der Waals surface area (Å²) in [5.41, 5.74) is 11.9. The lowest BCUT2D eigenvalue weighted by atomic mass is 10.0. The first-order valence-electron chi connectivity index (χ1n) is 10.3. The maximum atomic E-state index is 8.12. The van der Waals surface area contributed by atoms with E-state index in [0.717, 1.165) is 43.0 Å². The maximum absolute atomic E-state index is 8.12. The van der Waals surface area contributed by atoms with Gasteiger partial charge >= 0.3 is 6.15 Å². The fraction of sp³-hybridized carbons (Fsp3) is 0.208. The van der Waals surface area contributed by atoms with Crippen LogP contribution >= 0.6 is 46.3 Å². The molecular formula is C24H22Cl2N4O2S2. The molecule has 0 saturated carbocycles. The zero-order valence-corrected chi connectivity index (χ0v) is 21.9. The lowest BCUT2D eigenvalue weighted by Crippen LogP contribution is -1.95. The highest BCUT2D eigenvalue weighted by Gasteiger charge is 2.19. The molecule has 176 valence electrons. The minimum absolute atomic E-state index is 0.250. The van der Waals surface area contributed by atoms with Gasteiger partial charge in [-0.2, -0.15) is 14.7 Å². The molecule has 4 rings (SSSR count). The zero-order chi connectivity index (χ0) is 24.8. The van der Waals surface area contributed by atoms with E-state index in [4.69, 9.17) is 48.6 Å². The number of carbonyl (C=O) groups excluding carboxylic acids is 2. The Morgan fingerprint density at radius 1 is 1.12 bits per heavy atom. The molecule has 10 heteroatoms. The molecule has 0 amide bonds. The number of aryl methyl sites for hydroxylation is 1. The van der Waals surface area contributed by atoms with Crippen LogP contribution in [0.4, 0.5) is 0 Å². The lowest BCUT2D eigenvalue weighted by Gasteiger charge is -2.05. The van der Waals surface area contributed by atoms with Crippen molar-refractivity contribution in [1.29, 1.82) is 0 Å². The monoisotopic (exact) mass is 532 g/mol. The molecule has 0 bridgehead atoms. The highest BCUT2D eigenvalue weighted by atomic mass is 35.5. The second-order valence-corrected chi connectivity index (χ2v) is 11.1. The van der Waals surface area contributed by atoms with E-state index in [1.807, 2.05) is 48.1 Å². The van der Waals surface area contributed by atoms with Gasteiger partial charge in [-0.3, -0.25) is 0 Å². The Hall–Kier alpha value is -2.45. The van der Waals surface area contributed by atoms with Crippen molar-refractivity contribution in [2.24, 2.45) is 5.73 Å². The molecule has 0 saturated heterocycles. The fourth-order valence-corrected chi connectivity index (χ4v) is 5.97. The predicted octanol–water partition coefficient (Wildman–Crippen LogP) is 6.65. The van der Waals surface area contributed by atoms with Crippen molar-refractivity contribution in [3.05, 3.63) is 70.0 Å². The molecule has 2 aromatic carbocycles. The zero-order valence-electron chi connectivity index (χ0n) is 18.7. The second kappa shape index (κ2) is 11.8. The summed E-state index contributed by atoms with van der Waals surface area (Å²) < 4.78 is 2.98. The summed E-state index contributed by atoms with van der Waals surface area (Å²) in [5, 5.41) is 7.04. The molecule has 2 heterocycles. The highest BCUT2D eigenvalue weighted by Crippen LogP contribution is 2.41. The van der Waals surface area contributed by atoms with E-state index < -0.39 is 0 Å². The van der Waals surface area contributed by atoms with E-state index in [9.17, 15) is 0 Å². The van der Waals surface area contributed by atoms with E-state index in [2.05, 4.69) is 26.0 Å². The Balaban J connectivity index is 0.00000103. The molecule has 0 unspecified atom stereocenters. The summed E-state index contributed by atoms with van der Waals surface area (Å²) >= 11 is 15.8. The quantitative estimate of drug-likeness (QED) is 0.279. The van der Waals surface area contributed by atoms with Crippen LogP contribution < -0.4 is 5.73 Å². The molecule has 0 fully saturated rings. The van der Waals surface area contributed by atoms with Crippen molar-refractivity contribution in [1.82, 2.24) is 14.8 Å². The third-order valence-corrected chi connectivity index (χ3v) is 7.69. The molecule has 0 spiro atoms. The van der Waals surface area contributed by atoms with Gasteiger partial charge in [-0.1, -0.05) is 72.7 Å². The maximum Gasteiger partial charge on any atom is 0.373 e. The summed E-state index contributed by atoms with van der Waals surface area (Å²) in [6.07, 6.45) is 2.28.